The van der Waals surface area contributed by atoms with Crippen molar-refractivity contribution in [3.63, 3.8) is 0 Å². The van der Waals surface area contributed by atoms with Crippen molar-refractivity contribution in [1.29, 1.82) is 0 Å². The van der Waals surface area contributed by atoms with E-state index in [0.29, 0.717) is 29.5 Å². The summed E-state index contributed by atoms with van der Waals surface area (Å²) in [5.41, 5.74) is 1.46. The zero-order chi connectivity index (χ0) is 19.6. The number of hydrogen-bond acceptors (Lipinski definition) is 4. The third-order valence-corrected chi connectivity index (χ3v) is 5.93. The number of aliphatic hydroxyl groups is 2. The van der Waals surface area contributed by atoms with Crippen molar-refractivity contribution in [2.75, 3.05) is 0 Å². The van der Waals surface area contributed by atoms with Gasteiger partial charge in [-0.05, 0) is 70.7 Å². The molecule has 1 aromatic carbocycles. The fourth-order valence-corrected chi connectivity index (χ4v) is 4.16. The number of aliphatic hydroxyl groups excluding tert-OH is 2. The molecule has 3 atom stereocenters. The molecule has 0 amide bonds. The Morgan fingerprint density at radius 1 is 1.26 bits per heavy atom. The second-order valence-corrected chi connectivity index (χ2v) is 8.59. The van der Waals surface area contributed by atoms with E-state index in [4.69, 9.17) is 11.6 Å². The van der Waals surface area contributed by atoms with Crippen LogP contribution in [0.4, 0.5) is 4.39 Å². The van der Waals surface area contributed by atoms with Crippen LogP contribution in [0.1, 0.15) is 47.2 Å². The fourth-order valence-electron chi connectivity index (χ4n) is 3.54. The van der Waals surface area contributed by atoms with Crippen LogP contribution in [0.25, 0.3) is 0 Å². The van der Waals surface area contributed by atoms with Crippen LogP contribution >= 0.6 is 34.2 Å². The fraction of sp³-hybridized carbons (Fsp3) is 0.400. The number of pyridine rings is 1. The van der Waals surface area contributed by atoms with Crippen molar-refractivity contribution in [3.05, 3.63) is 61.7 Å². The molecule has 4 nitrogen and oxygen atoms in total. The van der Waals surface area contributed by atoms with E-state index < -0.39 is 12.2 Å². The van der Waals surface area contributed by atoms with Crippen molar-refractivity contribution in [2.24, 2.45) is 5.92 Å². The first-order chi connectivity index (χ1) is 12.8. The molecule has 0 radical (unpaired) electrons. The first kappa shape index (κ1) is 20.6. The lowest BCUT2D eigenvalue weighted by Gasteiger charge is -2.31. The average Bonchev–Trinajstić information content (AvgIpc) is 2.62. The van der Waals surface area contributed by atoms with Crippen LogP contribution in [0.5, 0.6) is 0 Å². The molecule has 1 aliphatic carbocycles. The number of benzene rings is 1. The minimum Gasteiger partial charge on any atom is -0.390 e. The van der Waals surface area contributed by atoms with Gasteiger partial charge >= 0.3 is 0 Å². The lowest BCUT2D eigenvalue weighted by atomic mass is 9.80. The van der Waals surface area contributed by atoms with Gasteiger partial charge in [0.25, 0.3) is 0 Å². The Morgan fingerprint density at radius 3 is 2.78 bits per heavy atom. The second-order valence-electron chi connectivity index (χ2n) is 6.95. The number of rotatable bonds is 5. The van der Waals surface area contributed by atoms with Gasteiger partial charge in [-0.1, -0.05) is 24.1 Å². The smallest absolute Gasteiger partial charge is 0.163 e. The molecule has 0 unspecified atom stereocenters. The summed E-state index contributed by atoms with van der Waals surface area (Å²) in [6.45, 7) is 0. The Morgan fingerprint density at radius 2 is 2.04 bits per heavy atom. The zero-order valence-electron chi connectivity index (χ0n) is 14.5. The molecule has 1 aromatic heterocycles. The van der Waals surface area contributed by atoms with Crippen molar-refractivity contribution in [3.8, 4) is 0 Å². The molecule has 1 fully saturated rings. The van der Waals surface area contributed by atoms with Gasteiger partial charge in [0.15, 0.2) is 5.78 Å². The van der Waals surface area contributed by atoms with E-state index in [9.17, 15) is 19.4 Å². The van der Waals surface area contributed by atoms with E-state index in [1.807, 2.05) is 28.7 Å². The molecule has 3 rings (SSSR count). The molecule has 1 saturated carbocycles. The Hall–Kier alpha value is -1.09. The summed E-state index contributed by atoms with van der Waals surface area (Å²) in [6, 6.07) is 6.45. The van der Waals surface area contributed by atoms with Crippen LogP contribution in [0.3, 0.4) is 0 Å². The van der Waals surface area contributed by atoms with Gasteiger partial charge in [-0.3, -0.25) is 4.79 Å². The molecule has 27 heavy (non-hydrogen) atoms. The highest BCUT2D eigenvalue weighted by atomic mass is 127. The summed E-state index contributed by atoms with van der Waals surface area (Å²) in [5, 5.41) is 20.2. The molecule has 0 saturated heterocycles. The van der Waals surface area contributed by atoms with Crippen molar-refractivity contribution < 1.29 is 19.4 Å². The van der Waals surface area contributed by atoms with Gasteiger partial charge < -0.3 is 10.2 Å². The zero-order valence-corrected chi connectivity index (χ0v) is 17.5. The van der Waals surface area contributed by atoms with E-state index in [1.165, 1.54) is 18.3 Å². The summed E-state index contributed by atoms with van der Waals surface area (Å²) in [7, 11) is 0. The van der Waals surface area contributed by atoms with Crippen LogP contribution in [0.15, 0.2) is 30.5 Å². The Kier molecular flexibility index (Phi) is 6.83. The van der Waals surface area contributed by atoms with Crippen LogP contribution in [0.2, 0.25) is 5.15 Å². The Balaban J connectivity index is 1.84. The van der Waals surface area contributed by atoms with Gasteiger partial charge in [0.05, 0.1) is 12.2 Å². The summed E-state index contributed by atoms with van der Waals surface area (Å²) in [6.07, 6.45) is 2.14. The Labute approximate surface area is 175 Å². The van der Waals surface area contributed by atoms with Crippen LogP contribution < -0.4 is 0 Å². The Bertz CT molecular complexity index is 848. The normalized spacial score (nSPS) is 22.6. The highest BCUT2D eigenvalue weighted by Crippen LogP contribution is 2.30. The average molecular weight is 504 g/mol. The predicted molar refractivity (Wildman–Crippen MR) is 109 cm³/mol. The van der Waals surface area contributed by atoms with Crippen molar-refractivity contribution in [1.82, 2.24) is 4.98 Å². The van der Waals surface area contributed by atoms with Crippen LogP contribution in [-0.2, 0) is 6.42 Å². The highest BCUT2D eigenvalue weighted by molar-refractivity contribution is 14.1. The van der Waals surface area contributed by atoms with Gasteiger partial charge in [0.2, 0.25) is 0 Å². The molecule has 0 aliphatic heterocycles. The number of carbonyl (C=O) groups is 1. The molecule has 2 N–H and O–H groups in total. The summed E-state index contributed by atoms with van der Waals surface area (Å²) in [4.78, 5) is 16.9. The second kappa shape index (κ2) is 8.94. The quantitative estimate of drug-likeness (QED) is 0.365. The molecule has 2 aromatic rings. The largest absolute Gasteiger partial charge is 0.390 e. The van der Waals surface area contributed by atoms with Gasteiger partial charge in [0, 0.05) is 28.2 Å². The molecule has 1 aliphatic rings. The van der Waals surface area contributed by atoms with Gasteiger partial charge in [-0.25, -0.2) is 9.37 Å². The van der Waals surface area contributed by atoms with Gasteiger partial charge in [0.1, 0.15) is 11.0 Å². The number of halogens is 3. The number of nitrogens with zero attached hydrogens (tertiary/aromatic N) is 1. The van der Waals surface area contributed by atoms with E-state index >= 15 is 0 Å². The molecule has 144 valence electrons. The summed E-state index contributed by atoms with van der Waals surface area (Å²) >= 11 is 8.02. The van der Waals surface area contributed by atoms with Gasteiger partial charge in [-0.15, -0.1) is 0 Å². The molecule has 1 heterocycles. The van der Waals surface area contributed by atoms with Crippen molar-refractivity contribution in [2.45, 2.75) is 44.3 Å². The summed E-state index contributed by atoms with van der Waals surface area (Å²) < 4.78 is 15.0. The van der Waals surface area contributed by atoms with E-state index in [-0.39, 0.29) is 35.5 Å². The van der Waals surface area contributed by atoms with Crippen LogP contribution in [-0.4, -0.2) is 33.2 Å². The molecular formula is C20H20ClFINO3. The number of Topliss-reactive ketones (excluding diaryl/α,β-unsaturated/α-hetero) is 1. The number of hydrogen-bond donors (Lipinski definition) is 2. The third kappa shape index (κ3) is 5.04. The number of aromatic nitrogens is 1. The third-order valence-electron chi connectivity index (χ3n) is 5.05. The molecule has 0 bridgehead atoms. The first-order valence-electron chi connectivity index (χ1n) is 8.83. The molecule has 7 heteroatoms. The van der Waals surface area contributed by atoms with E-state index in [1.54, 1.807) is 6.07 Å². The standard InChI is InChI=1S/C20H20ClFINO3/c21-19-9-15(18(26)7-12-2-1-3-17(25)20(12)27)13(10-24-19)6-11-4-5-14(23)8-16(11)22/h4-5,8-10,12,17,20,25,27H,1-3,6-7H2/t12-,17+,20-/m0/s1. The first-order valence-corrected chi connectivity index (χ1v) is 10.3. The van der Waals surface area contributed by atoms with Crippen molar-refractivity contribution >= 4 is 40.0 Å². The van der Waals surface area contributed by atoms with Gasteiger partial charge in [-0.2, -0.15) is 0 Å². The number of ketones is 1. The number of carbonyl (C=O) groups excluding carboxylic acids is 1. The van der Waals surface area contributed by atoms with E-state index in [2.05, 4.69) is 4.98 Å². The molecular weight excluding hydrogens is 484 g/mol. The summed E-state index contributed by atoms with van der Waals surface area (Å²) in [5.74, 6) is -0.810. The monoisotopic (exact) mass is 503 g/mol. The highest BCUT2D eigenvalue weighted by Gasteiger charge is 2.32. The SMILES string of the molecule is O=C(C[C@@H]1CCC[C@@H](O)[C@H]1O)c1cc(Cl)ncc1Cc1ccc(I)cc1F. The lowest BCUT2D eigenvalue weighted by molar-refractivity contribution is -0.0445. The molecule has 0 spiro atoms. The maximum Gasteiger partial charge on any atom is 0.163 e. The lowest BCUT2D eigenvalue weighted by Crippen LogP contribution is -2.38. The minimum atomic E-state index is -0.905. The maximum atomic E-state index is 14.2. The topological polar surface area (TPSA) is 70.4 Å². The predicted octanol–water partition coefficient (Wildman–Crippen LogP) is 4.16. The minimum absolute atomic E-state index is 0.112. The maximum absolute atomic E-state index is 14.2. The van der Waals surface area contributed by atoms with E-state index in [0.717, 1.165) is 9.99 Å². The van der Waals surface area contributed by atoms with Crippen LogP contribution in [0, 0.1) is 15.3 Å².